The smallest absolute Gasteiger partial charge is 0.231 e. The van der Waals surface area contributed by atoms with E-state index < -0.39 is 5.60 Å². The summed E-state index contributed by atoms with van der Waals surface area (Å²) >= 11 is 0. The first-order chi connectivity index (χ1) is 9.98. The number of nitrogens with two attached hydrogens (primary N) is 1. The van der Waals surface area contributed by atoms with Crippen LogP contribution in [-0.4, -0.2) is 53.6 Å². The second-order valence-corrected chi connectivity index (χ2v) is 6.51. The Balaban J connectivity index is 1.71. The molecule has 21 heavy (non-hydrogen) atoms. The number of likely N-dealkylation sites (tertiary alicyclic amines) is 1. The minimum atomic E-state index is -0.572. The minimum absolute atomic E-state index is 0.0331. The maximum absolute atomic E-state index is 12.2. The molecule has 6 nitrogen and oxygen atoms in total. The Morgan fingerprint density at radius 3 is 2.67 bits per heavy atom. The van der Waals surface area contributed by atoms with Crippen LogP contribution >= 0.6 is 0 Å². The zero-order valence-electron chi connectivity index (χ0n) is 12.6. The summed E-state index contributed by atoms with van der Waals surface area (Å²) in [6.07, 6.45) is 6.25. The van der Waals surface area contributed by atoms with Crippen molar-refractivity contribution in [2.75, 3.05) is 26.2 Å². The molecule has 2 amide bonds. The molecule has 6 heteroatoms. The van der Waals surface area contributed by atoms with Crippen molar-refractivity contribution in [1.82, 2.24) is 10.2 Å². The molecule has 4 N–H and O–H groups in total. The highest BCUT2D eigenvalue weighted by Crippen LogP contribution is 2.31. The van der Waals surface area contributed by atoms with E-state index >= 15 is 0 Å². The number of carbonyl (C=O) groups is 2. The standard InChI is InChI=1S/C15H27N3O3/c16-13(19)11-18-9-3-4-12(10-18)14(20)17-8-7-15(21)5-1-2-6-15/h12,21H,1-11H2,(H2,16,19)(H,17,20)/t12-/m0/s1. The third-order valence-corrected chi connectivity index (χ3v) is 4.68. The maximum atomic E-state index is 12.2. The largest absolute Gasteiger partial charge is 0.390 e. The summed E-state index contributed by atoms with van der Waals surface area (Å²) in [5.41, 5.74) is 4.63. The van der Waals surface area contributed by atoms with Crippen LogP contribution in [0.25, 0.3) is 0 Å². The molecular weight excluding hydrogens is 270 g/mol. The molecule has 0 unspecified atom stereocenters. The third kappa shape index (κ3) is 4.97. The lowest BCUT2D eigenvalue weighted by Crippen LogP contribution is -2.46. The molecule has 0 aromatic carbocycles. The van der Waals surface area contributed by atoms with Crippen LogP contribution in [-0.2, 0) is 9.59 Å². The number of hydrogen-bond acceptors (Lipinski definition) is 4. The molecule has 120 valence electrons. The van der Waals surface area contributed by atoms with Crippen molar-refractivity contribution in [1.29, 1.82) is 0 Å². The van der Waals surface area contributed by atoms with E-state index in [0.717, 1.165) is 45.1 Å². The Morgan fingerprint density at radius 2 is 2.00 bits per heavy atom. The molecule has 1 atom stereocenters. The Morgan fingerprint density at radius 1 is 1.29 bits per heavy atom. The summed E-state index contributed by atoms with van der Waals surface area (Å²) < 4.78 is 0. The van der Waals surface area contributed by atoms with Crippen LogP contribution in [0.1, 0.15) is 44.9 Å². The second kappa shape index (κ2) is 7.22. The van der Waals surface area contributed by atoms with E-state index in [1.165, 1.54) is 0 Å². The lowest BCUT2D eigenvalue weighted by atomic mass is 9.96. The summed E-state index contributed by atoms with van der Waals surface area (Å²) in [4.78, 5) is 25.1. The summed E-state index contributed by atoms with van der Waals surface area (Å²) in [5, 5.41) is 13.2. The molecule has 2 rings (SSSR count). The van der Waals surface area contributed by atoms with Crippen LogP contribution in [0.2, 0.25) is 0 Å². The van der Waals surface area contributed by atoms with Gasteiger partial charge in [0.15, 0.2) is 0 Å². The topological polar surface area (TPSA) is 95.7 Å². The third-order valence-electron chi connectivity index (χ3n) is 4.68. The number of carbonyl (C=O) groups excluding carboxylic acids is 2. The van der Waals surface area contributed by atoms with Crippen LogP contribution in [0.5, 0.6) is 0 Å². The van der Waals surface area contributed by atoms with Gasteiger partial charge in [0.05, 0.1) is 18.1 Å². The van der Waals surface area contributed by atoms with Gasteiger partial charge in [0, 0.05) is 13.1 Å². The summed E-state index contributed by atoms with van der Waals surface area (Å²) in [5.74, 6) is -0.387. The fourth-order valence-corrected chi connectivity index (χ4v) is 3.48. The number of primary amides is 1. The monoisotopic (exact) mass is 297 g/mol. The van der Waals surface area contributed by atoms with Crippen LogP contribution < -0.4 is 11.1 Å². The molecule has 0 aromatic heterocycles. The van der Waals surface area contributed by atoms with Crippen LogP contribution in [0.15, 0.2) is 0 Å². The predicted octanol–water partition coefficient (Wildman–Crippen LogP) is -0.00490. The number of rotatable bonds is 6. The first-order valence-corrected chi connectivity index (χ1v) is 7.99. The van der Waals surface area contributed by atoms with E-state index in [-0.39, 0.29) is 24.3 Å². The van der Waals surface area contributed by atoms with Gasteiger partial charge in [-0.05, 0) is 38.6 Å². The number of hydrogen-bond donors (Lipinski definition) is 3. The van der Waals surface area contributed by atoms with Crippen molar-refractivity contribution in [2.45, 2.75) is 50.5 Å². The average molecular weight is 297 g/mol. The number of piperidine rings is 1. The minimum Gasteiger partial charge on any atom is -0.390 e. The molecule has 0 spiro atoms. The van der Waals surface area contributed by atoms with Gasteiger partial charge in [-0.25, -0.2) is 0 Å². The molecule has 1 saturated carbocycles. The number of amides is 2. The molecule has 0 radical (unpaired) electrons. The molecule has 2 aliphatic rings. The van der Waals surface area contributed by atoms with Crippen molar-refractivity contribution in [3.63, 3.8) is 0 Å². The van der Waals surface area contributed by atoms with Gasteiger partial charge in [-0.3, -0.25) is 14.5 Å². The highest BCUT2D eigenvalue weighted by Gasteiger charge is 2.31. The maximum Gasteiger partial charge on any atom is 0.231 e. The molecule has 1 heterocycles. The number of nitrogens with one attached hydrogen (secondary N) is 1. The van der Waals surface area contributed by atoms with E-state index in [0.29, 0.717) is 19.5 Å². The Kier molecular flexibility index (Phi) is 5.58. The van der Waals surface area contributed by atoms with E-state index in [2.05, 4.69) is 5.32 Å². The summed E-state index contributed by atoms with van der Waals surface area (Å²) in [7, 11) is 0. The number of aliphatic hydroxyl groups is 1. The summed E-state index contributed by atoms with van der Waals surface area (Å²) in [6.45, 7) is 2.18. The molecule has 0 bridgehead atoms. The molecule has 1 saturated heterocycles. The van der Waals surface area contributed by atoms with Crippen molar-refractivity contribution < 1.29 is 14.7 Å². The Hall–Kier alpha value is -1.14. The van der Waals surface area contributed by atoms with E-state index in [1.807, 2.05) is 4.90 Å². The van der Waals surface area contributed by atoms with E-state index in [9.17, 15) is 14.7 Å². The normalized spacial score (nSPS) is 25.7. The van der Waals surface area contributed by atoms with Crippen LogP contribution in [0.3, 0.4) is 0 Å². The molecular formula is C15H27N3O3. The predicted molar refractivity (Wildman–Crippen MR) is 79.4 cm³/mol. The van der Waals surface area contributed by atoms with Gasteiger partial charge >= 0.3 is 0 Å². The van der Waals surface area contributed by atoms with Gasteiger partial charge < -0.3 is 16.2 Å². The molecule has 1 aliphatic heterocycles. The molecule has 1 aliphatic carbocycles. The second-order valence-electron chi connectivity index (χ2n) is 6.51. The fraction of sp³-hybridized carbons (Fsp3) is 0.867. The van der Waals surface area contributed by atoms with E-state index in [1.54, 1.807) is 0 Å². The van der Waals surface area contributed by atoms with Gasteiger partial charge in [-0.1, -0.05) is 12.8 Å². The molecule has 0 aromatic rings. The van der Waals surface area contributed by atoms with Crippen molar-refractivity contribution in [2.24, 2.45) is 11.7 Å². The lowest BCUT2D eigenvalue weighted by molar-refractivity contribution is -0.128. The average Bonchev–Trinajstić information content (AvgIpc) is 2.85. The first kappa shape index (κ1) is 16.2. The van der Waals surface area contributed by atoms with Crippen molar-refractivity contribution in [3.05, 3.63) is 0 Å². The van der Waals surface area contributed by atoms with Gasteiger partial charge in [0.25, 0.3) is 0 Å². The number of nitrogens with zero attached hydrogens (tertiary/aromatic N) is 1. The van der Waals surface area contributed by atoms with E-state index in [4.69, 9.17) is 5.73 Å². The highest BCUT2D eigenvalue weighted by atomic mass is 16.3. The van der Waals surface area contributed by atoms with Crippen LogP contribution in [0.4, 0.5) is 0 Å². The van der Waals surface area contributed by atoms with Gasteiger partial charge in [0.1, 0.15) is 0 Å². The fourth-order valence-electron chi connectivity index (χ4n) is 3.48. The van der Waals surface area contributed by atoms with Crippen molar-refractivity contribution >= 4 is 11.8 Å². The van der Waals surface area contributed by atoms with Gasteiger partial charge in [-0.15, -0.1) is 0 Å². The Labute approximate surface area is 126 Å². The SMILES string of the molecule is NC(=O)CN1CCC[C@H](C(=O)NCCC2(O)CCCC2)C1. The molecule has 2 fully saturated rings. The highest BCUT2D eigenvalue weighted by molar-refractivity contribution is 5.79. The Bertz CT molecular complexity index is 380. The van der Waals surface area contributed by atoms with Crippen LogP contribution in [0, 0.1) is 5.92 Å². The van der Waals surface area contributed by atoms with Gasteiger partial charge in [-0.2, -0.15) is 0 Å². The quantitative estimate of drug-likeness (QED) is 0.643. The lowest BCUT2D eigenvalue weighted by Gasteiger charge is -2.31. The zero-order chi connectivity index (χ0) is 15.3. The first-order valence-electron chi connectivity index (χ1n) is 7.99. The summed E-state index contributed by atoms with van der Waals surface area (Å²) in [6, 6.07) is 0. The van der Waals surface area contributed by atoms with Gasteiger partial charge in [0.2, 0.25) is 11.8 Å². The van der Waals surface area contributed by atoms with Crippen molar-refractivity contribution in [3.8, 4) is 0 Å². The zero-order valence-corrected chi connectivity index (χ0v) is 12.6.